The quantitative estimate of drug-likeness (QED) is 0.543. The molecule has 1 heterocycles. The highest BCUT2D eigenvalue weighted by molar-refractivity contribution is 6.29. The van der Waals surface area contributed by atoms with Gasteiger partial charge in [0, 0.05) is 18.7 Å². The van der Waals surface area contributed by atoms with Gasteiger partial charge in [-0.1, -0.05) is 41.9 Å². The largest absolute Gasteiger partial charge is 0.368 e. The van der Waals surface area contributed by atoms with Crippen molar-refractivity contribution in [2.45, 2.75) is 38.8 Å². The summed E-state index contributed by atoms with van der Waals surface area (Å²) < 4.78 is 5.60. The number of rotatable bonds is 9. The summed E-state index contributed by atoms with van der Waals surface area (Å²) in [5.74, 6) is -0.757. The van der Waals surface area contributed by atoms with Gasteiger partial charge in [0.25, 0.3) is 5.91 Å². The fourth-order valence-corrected chi connectivity index (χ4v) is 2.79. The van der Waals surface area contributed by atoms with Crippen LogP contribution in [0.5, 0.6) is 0 Å². The van der Waals surface area contributed by atoms with Gasteiger partial charge in [-0.2, -0.15) is 0 Å². The Kier molecular flexibility index (Phi) is 7.99. The van der Waals surface area contributed by atoms with E-state index < -0.39 is 17.6 Å². The third-order valence-corrected chi connectivity index (χ3v) is 4.39. The van der Waals surface area contributed by atoms with Crippen molar-refractivity contribution in [3.63, 3.8) is 0 Å². The van der Waals surface area contributed by atoms with Crippen molar-refractivity contribution in [2.24, 2.45) is 0 Å². The van der Waals surface area contributed by atoms with E-state index in [4.69, 9.17) is 16.3 Å². The number of aromatic nitrogens is 1. The molecule has 2 rings (SSSR count). The van der Waals surface area contributed by atoms with Gasteiger partial charge in [0.15, 0.2) is 5.43 Å². The topological polar surface area (TPSA) is 100 Å². The van der Waals surface area contributed by atoms with Crippen LogP contribution in [0.4, 0.5) is 0 Å². The first kappa shape index (κ1) is 22.6. The highest BCUT2D eigenvalue weighted by Gasteiger charge is 2.24. The van der Waals surface area contributed by atoms with E-state index in [0.717, 1.165) is 12.0 Å². The number of amides is 2. The molecule has 0 bridgehead atoms. The minimum atomic E-state index is -0.754. The SMILES string of the molecule is CC(OCCc1ccccc1)C(=O)NCC(C)(C)NC(=O)c1cc(=O)cc(Cl)[nH]1. The zero-order chi connectivity index (χ0) is 21.4. The molecule has 0 aliphatic heterocycles. The molecule has 0 radical (unpaired) electrons. The van der Waals surface area contributed by atoms with E-state index >= 15 is 0 Å². The molecule has 3 N–H and O–H groups in total. The summed E-state index contributed by atoms with van der Waals surface area (Å²) in [7, 11) is 0. The van der Waals surface area contributed by atoms with Crippen LogP contribution in [-0.2, 0) is 16.0 Å². The Bertz CT molecular complexity index is 896. The van der Waals surface area contributed by atoms with E-state index in [-0.39, 0.29) is 28.7 Å². The van der Waals surface area contributed by atoms with E-state index in [1.54, 1.807) is 20.8 Å². The molecule has 1 atom stereocenters. The van der Waals surface area contributed by atoms with Gasteiger partial charge in [-0.15, -0.1) is 0 Å². The minimum Gasteiger partial charge on any atom is -0.368 e. The normalized spacial score (nSPS) is 12.3. The highest BCUT2D eigenvalue weighted by atomic mass is 35.5. The van der Waals surface area contributed by atoms with Crippen molar-refractivity contribution in [3.05, 3.63) is 69.1 Å². The molecule has 0 spiro atoms. The lowest BCUT2D eigenvalue weighted by atomic mass is 10.1. The molecule has 0 fully saturated rings. The molecule has 8 heteroatoms. The van der Waals surface area contributed by atoms with Crippen molar-refractivity contribution in [1.82, 2.24) is 15.6 Å². The number of carbonyl (C=O) groups is 2. The maximum absolute atomic E-state index is 12.3. The van der Waals surface area contributed by atoms with Gasteiger partial charge in [-0.3, -0.25) is 14.4 Å². The van der Waals surface area contributed by atoms with E-state index in [1.165, 1.54) is 12.1 Å². The molecule has 7 nitrogen and oxygen atoms in total. The highest BCUT2D eigenvalue weighted by Crippen LogP contribution is 2.06. The van der Waals surface area contributed by atoms with Gasteiger partial charge in [-0.05, 0) is 32.8 Å². The summed E-state index contributed by atoms with van der Waals surface area (Å²) in [5.41, 5.74) is 0.0735. The lowest BCUT2D eigenvalue weighted by Gasteiger charge is -2.27. The van der Waals surface area contributed by atoms with Gasteiger partial charge < -0.3 is 20.4 Å². The zero-order valence-corrected chi connectivity index (χ0v) is 17.5. The molecule has 0 saturated carbocycles. The monoisotopic (exact) mass is 419 g/mol. The van der Waals surface area contributed by atoms with E-state index in [2.05, 4.69) is 15.6 Å². The number of benzene rings is 1. The number of ether oxygens (including phenoxy) is 1. The number of nitrogens with one attached hydrogen (secondary N) is 3. The molecular formula is C21H26ClN3O4. The van der Waals surface area contributed by atoms with Crippen molar-refractivity contribution < 1.29 is 14.3 Å². The van der Waals surface area contributed by atoms with Crippen LogP contribution in [0, 0.1) is 0 Å². The second-order valence-electron chi connectivity index (χ2n) is 7.38. The predicted octanol–water partition coefficient (Wildman–Crippen LogP) is 2.30. The van der Waals surface area contributed by atoms with E-state index in [9.17, 15) is 14.4 Å². The van der Waals surface area contributed by atoms with E-state index in [0.29, 0.717) is 6.61 Å². The van der Waals surface area contributed by atoms with Crippen LogP contribution in [0.25, 0.3) is 0 Å². The summed E-state index contributed by atoms with van der Waals surface area (Å²) in [6, 6.07) is 12.2. The summed E-state index contributed by atoms with van der Waals surface area (Å²) in [6.45, 7) is 5.82. The predicted molar refractivity (Wildman–Crippen MR) is 112 cm³/mol. The lowest BCUT2D eigenvalue weighted by molar-refractivity contribution is -0.131. The van der Waals surface area contributed by atoms with Crippen molar-refractivity contribution in [3.8, 4) is 0 Å². The number of hydrogen-bond acceptors (Lipinski definition) is 4. The number of hydrogen-bond donors (Lipinski definition) is 3. The fourth-order valence-electron chi connectivity index (χ4n) is 2.58. The Morgan fingerprint density at radius 2 is 1.90 bits per heavy atom. The Morgan fingerprint density at radius 3 is 2.55 bits per heavy atom. The molecule has 156 valence electrons. The fraction of sp³-hybridized carbons (Fsp3) is 0.381. The lowest BCUT2D eigenvalue weighted by Crippen LogP contribution is -2.53. The van der Waals surface area contributed by atoms with Crippen LogP contribution >= 0.6 is 11.6 Å². The van der Waals surface area contributed by atoms with Crippen LogP contribution in [0.2, 0.25) is 5.15 Å². The Balaban J connectivity index is 1.79. The summed E-state index contributed by atoms with van der Waals surface area (Å²) in [4.78, 5) is 38.7. The Morgan fingerprint density at radius 1 is 1.21 bits per heavy atom. The number of carbonyl (C=O) groups excluding carboxylic acids is 2. The average molecular weight is 420 g/mol. The molecular weight excluding hydrogens is 394 g/mol. The first-order valence-corrected chi connectivity index (χ1v) is 9.70. The minimum absolute atomic E-state index is 0.0551. The molecule has 1 aromatic carbocycles. The number of aromatic amines is 1. The Hall–Kier alpha value is -2.64. The van der Waals surface area contributed by atoms with Crippen LogP contribution in [0.15, 0.2) is 47.3 Å². The maximum atomic E-state index is 12.3. The smallest absolute Gasteiger partial charge is 0.268 e. The summed E-state index contributed by atoms with van der Waals surface area (Å²) >= 11 is 5.78. The first-order chi connectivity index (χ1) is 13.7. The first-order valence-electron chi connectivity index (χ1n) is 9.32. The van der Waals surface area contributed by atoms with Crippen LogP contribution in [-0.4, -0.2) is 41.6 Å². The van der Waals surface area contributed by atoms with Crippen LogP contribution < -0.4 is 16.1 Å². The van der Waals surface area contributed by atoms with Gasteiger partial charge >= 0.3 is 0 Å². The third kappa shape index (κ3) is 7.71. The summed E-state index contributed by atoms with van der Waals surface area (Å²) in [6.07, 6.45) is 0.104. The van der Waals surface area contributed by atoms with Gasteiger partial charge in [0.1, 0.15) is 17.0 Å². The van der Waals surface area contributed by atoms with Crippen molar-refractivity contribution in [1.29, 1.82) is 0 Å². The molecule has 0 aliphatic rings. The average Bonchev–Trinajstić information content (AvgIpc) is 2.65. The van der Waals surface area contributed by atoms with E-state index in [1.807, 2.05) is 30.3 Å². The molecule has 1 unspecified atom stereocenters. The van der Waals surface area contributed by atoms with Crippen LogP contribution in [0.3, 0.4) is 0 Å². The van der Waals surface area contributed by atoms with Crippen LogP contribution in [0.1, 0.15) is 36.8 Å². The number of H-pyrrole nitrogens is 1. The molecule has 2 amide bonds. The molecule has 2 aromatic rings. The molecule has 0 aliphatic carbocycles. The molecule has 0 saturated heterocycles. The number of halogens is 1. The van der Waals surface area contributed by atoms with Gasteiger partial charge in [-0.25, -0.2) is 0 Å². The third-order valence-electron chi connectivity index (χ3n) is 4.18. The molecule has 29 heavy (non-hydrogen) atoms. The second-order valence-corrected chi connectivity index (χ2v) is 7.79. The second kappa shape index (κ2) is 10.2. The van der Waals surface area contributed by atoms with Gasteiger partial charge in [0.2, 0.25) is 5.91 Å². The molecule has 1 aromatic heterocycles. The number of pyridine rings is 1. The van der Waals surface area contributed by atoms with Crippen molar-refractivity contribution in [2.75, 3.05) is 13.2 Å². The summed E-state index contributed by atoms with van der Waals surface area (Å²) in [5, 5.41) is 5.62. The zero-order valence-electron chi connectivity index (χ0n) is 16.8. The van der Waals surface area contributed by atoms with Crippen molar-refractivity contribution >= 4 is 23.4 Å². The Labute approximate surface area is 174 Å². The van der Waals surface area contributed by atoms with Gasteiger partial charge in [0.05, 0.1) is 12.1 Å². The maximum Gasteiger partial charge on any atom is 0.268 e. The standard InChI is InChI=1S/C21H26ClN3O4/c1-14(29-10-9-15-7-5-4-6-8-15)19(27)23-13-21(2,3)25-20(28)17-11-16(26)12-18(22)24-17/h4-8,11-12,14H,9-10,13H2,1-3H3,(H,23,27)(H,24,26)(H,25,28).